The first kappa shape index (κ1) is 10.9. The molecule has 1 fully saturated rings. The molecule has 0 bridgehead atoms. The number of hydrogen-bond donors (Lipinski definition) is 1. The maximum absolute atomic E-state index is 5.01. The lowest BCUT2D eigenvalue weighted by molar-refractivity contribution is 0.109. The average molecular weight is 204 g/mol. The maximum Gasteiger partial charge on any atom is 0.450 e. The van der Waals surface area contributed by atoms with E-state index < -0.39 is 4.96 Å². The van der Waals surface area contributed by atoms with Crippen molar-refractivity contribution in [2.24, 2.45) is 0 Å². The number of nitrogens with one attached hydrogen (secondary N) is 1. The third kappa shape index (κ3) is 11.6. The Kier molecular flexibility index (Phi) is 8.64. The third-order valence-electron chi connectivity index (χ3n) is 0.846. The van der Waals surface area contributed by atoms with E-state index in [1.165, 1.54) is 0 Å². The van der Waals surface area contributed by atoms with Gasteiger partial charge in [0, 0.05) is 13.1 Å². The Bertz CT molecular complexity index is 57.3. The first-order valence-corrected chi connectivity index (χ1v) is 4.25. The monoisotopic (exact) mass is 203 g/mol. The lowest BCUT2D eigenvalue weighted by Crippen LogP contribution is -2.30. The fraction of sp³-hybridized carbons (Fsp3) is 1.00. The van der Waals surface area contributed by atoms with Gasteiger partial charge in [0.05, 0.1) is 13.2 Å². The van der Waals surface area contributed by atoms with Gasteiger partial charge in [-0.25, -0.2) is 0 Å². The molecule has 60 valence electrons. The van der Waals surface area contributed by atoms with Crippen molar-refractivity contribution in [3.8, 4) is 0 Å². The largest absolute Gasteiger partial charge is 0.450 e. The molecule has 1 aliphatic heterocycles. The molecule has 0 aromatic rings. The fourth-order valence-corrected chi connectivity index (χ4v) is 0.516. The molecular formula is C4H9BCl3NO. The van der Waals surface area contributed by atoms with Gasteiger partial charge in [-0.1, -0.05) is 0 Å². The first-order valence-electron chi connectivity index (χ1n) is 2.94. The van der Waals surface area contributed by atoms with Gasteiger partial charge in [-0.3, -0.25) is 0 Å². The summed E-state index contributed by atoms with van der Waals surface area (Å²) in [5.41, 5.74) is 0. The number of halogens is 3. The molecule has 0 unspecified atom stereocenters. The van der Waals surface area contributed by atoms with Gasteiger partial charge in [0.2, 0.25) is 0 Å². The van der Waals surface area contributed by atoms with E-state index in [0.717, 1.165) is 26.3 Å². The van der Waals surface area contributed by atoms with Gasteiger partial charge < -0.3 is 10.1 Å². The molecule has 1 rings (SSSR count). The molecule has 0 amide bonds. The number of ether oxygens (including phenoxy) is 1. The summed E-state index contributed by atoms with van der Waals surface area (Å²) < 4.78 is 5.01. The topological polar surface area (TPSA) is 21.3 Å². The van der Waals surface area contributed by atoms with Gasteiger partial charge in [-0.2, -0.15) is 34.4 Å². The molecule has 0 aromatic carbocycles. The lowest BCUT2D eigenvalue weighted by Gasteiger charge is -2.10. The fourth-order valence-electron chi connectivity index (χ4n) is 0.516. The molecule has 1 heterocycles. The van der Waals surface area contributed by atoms with Crippen molar-refractivity contribution in [3.05, 3.63) is 0 Å². The molecule has 0 atom stereocenters. The van der Waals surface area contributed by atoms with Crippen LogP contribution >= 0.6 is 34.4 Å². The molecule has 1 saturated heterocycles. The van der Waals surface area contributed by atoms with Crippen molar-refractivity contribution in [2.75, 3.05) is 26.3 Å². The Labute approximate surface area is 76.0 Å². The number of morpholine rings is 1. The molecule has 0 aliphatic carbocycles. The highest BCUT2D eigenvalue weighted by atomic mass is 35.6. The van der Waals surface area contributed by atoms with Crippen LogP contribution in [0.15, 0.2) is 0 Å². The van der Waals surface area contributed by atoms with Crippen LogP contribution in [0, 0.1) is 0 Å². The zero-order chi connectivity index (χ0) is 7.82. The minimum absolute atomic E-state index is 0.750. The highest BCUT2D eigenvalue weighted by Crippen LogP contribution is 1.97. The van der Waals surface area contributed by atoms with Gasteiger partial charge in [0.1, 0.15) is 0 Å². The number of rotatable bonds is 0. The van der Waals surface area contributed by atoms with Gasteiger partial charge in [-0.05, 0) is 0 Å². The summed E-state index contributed by atoms with van der Waals surface area (Å²) in [6.07, 6.45) is 0. The molecule has 1 N–H and O–H groups in total. The van der Waals surface area contributed by atoms with Gasteiger partial charge in [0.25, 0.3) is 0 Å². The quantitative estimate of drug-likeness (QED) is 0.600. The molecule has 0 aromatic heterocycles. The second-order valence-electron chi connectivity index (χ2n) is 1.61. The molecular weight excluding hydrogens is 195 g/mol. The second kappa shape index (κ2) is 7.96. The van der Waals surface area contributed by atoms with Crippen LogP contribution in [0.25, 0.3) is 0 Å². The summed E-state index contributed by atoms with van der Waals surface area (Å²) in [6.45, 7) is 3.83. The summed E-state index contributed by atoms with van der Waals surface area (Å²) in [4.78, 5) is -0.750. The summed E-state index contributed by atoms with van der Waals surface area (Å²) >= 11 is 14.4. The van der Waals surface area contributed by atoms with Crippen molar-refractivity contribution >= 4 is 39.3 Å². The smallest absolute Gasteiger partial charge is 0.379 e. The molecule has 0 radical (unpaired) electrons. The van der Waals surface area contributed by atoms with Crippen LogP contribution < -0.4 is 5.32 Å². The van der Waals surface area contributed by atoms with Crippen molar-refractivity contribution in [1.82, 2.24) is 5.32 Å². The minimum atomic E-state index is -0.750. The average Bonchev–Trinajstić information content (AvgIpc) is 1.90. The SMILES string of the molecule is C1COCCN1.ClB(Cl)Cl. The molecule has 0 spiro atoms. The standard InChI is InChI=1S/C4H9NO.BCl3/c1-3-6-4-2-5-1;2-1(3)4/h5H,1-4H2;. The van der Waals surface area contributed by atoms with Crippen LogP contribution in [0.1, 0.15) is 0 Å². The van der Waals surface area contributed by atoms with Crippen LogP contribution in [-0.4, -0.2) is 31.3 Å². The van der Waals surface area contributed by atoms with Crippen molar-refractivity contribution in [2.45, 2.75) is 0 Å². The van der Waals surface area contributed by atoms with E-state index in [2.05, 4.69) is 5.32 Å². The van der Waals surface area contributed by atoms with E-state index in [0.29, 0.717) is 0 Å². The Morgan fingerprint density at radius 1 is 1.10 bits per heavy atom. The molecule has 6 heteroatoms. The Morgan fingerprint density at radius 2 is 1.50 bits per heavy atom. The van der Waals surface area contributed by atoms with E-state index >= 15 is 0 Å². The van der Waals surface area contributed by atoms with Gasteiger partial charge >= 0.3 is 4.96 Å². The second-order valence-corrected chi connectivity index (χ2v) is 3.59. The predicted octanol–water partition coefficient (Wildman–Crippen LogP) is 1.29. The van der Waals surface area contributed by atoms with Gasteiger partial charge in [0.15, 0.2) is 0 Å². The molecule has 2 nitrogen and oxygen atoms in total. The van der Waals surface area contributed by atoms with E-state index in [1.807, 2.05) is 0 Å². The summed E-state index contributed by atoms with van der Waals surface area (Å²) in [6, 6.07) is 0. The van der Waals surface area contributed by atoms with E-state index in [4.69, 9.17) is 39.1 Å². The third-order valence-corrected chi connectivity index (χ3v) is 0.846. The highest BCUT2D eigenvalue weighted by Gasteiger charge is 1.93. The van der Waals surface area contributed by atoms with Crippen LogP contribution in [0.3, 0.4) is 0 Å². The Hall–Kier alpha value is 0.855. The van der Waals surface area contributed by atoms with E-state index in [9.17, 15) is 0 Å². The normalized spacial score (nSPS) is 17.1. The Morgan fingerprint density at radius 3 is 1.60 bits per heavy atom. The summed E-state index contributed by atoms with van der Waals surface area (Å²) in [5.74, 6) is 0. The van der Waals surface area contributed by atoms with Crippen LogP contribution in [-0.2, 0) is 4.74 Å². The van der Waals surface area contributed by atoms with Crippen molar-refractivity contribution in [1.29, 1.82) is 0 Å². The minimum Gasteiger partial charge on any atom is -0.379 e. The van der Waals surface area contributed by atoms with Crippen LogP contribution in [0.2, 0.25) is 0 Å². The highest BCUT2D eigenvalue weighted by molar-refractivity contribution is 7.54. The molecule has 0 saturated carbocycles. The lowest BCUT2D eigenvalue weighted by atomic mass is 10.5. The zero-order valence-corrected chi connectivity index (χ0v) is 7.72. The van der Waals surface area contributed by atoms with Gasteiger partial charge in [-0.15, -0.1) is 0 Å². The molecule has 10 heavy (non-hydrogen) atoms. The first-order chi connectivity index (χ1) is 4.73. The Balaban J connectivity index is 0.000000180. The van der Waals surface area contributed by atoms with Crippen molar-refractivity contribution < 1.29 is 4.74 Å². The van der Waals surface area contributed by atoms with Crippen LogP contribution in [0.4, 0.5) is 0 Å². The zero-order valence-electron chi connectivity index (χ0n) is 5.45. The maximum atomic E-state index is 5.01. The summed E-state index contributed by atoms with van der Waals surface area (Å²) in [7, 11) is 0. The summed E-state index contributed by atoms with van der Waals surface area (Å²) in [5, 5.41) is 3.16. The molecule has 1 aliphatic rings. The van der Waals surface area contributed by atoms with E-state index in [-0.39, 0.29) is 0 Å². The van der Waals surface area contributed by atoms with E-state index in [1.54, 1.807) is 0 Å². The van der Waals surface area contributed by atoms with Crippen LogP contribution in [0.5, 0.6) is 0 Å². The predicted molar refractivity (Wildman–Crippen MR) is 47.0 cm³/mol. The number of hydrogen-bond acceptors (Lipinski definition) is 2. The van der Waals surface area contributed by atoms with Crippen molar-refractivity contribution in [3.63, 3.8) is 0 Å².